The van der Waals surface area contributed by atoms with Crippen LogP contribution >= 0.6 is 0 Å². The summed E-state index contributed by atoms with van der Waals surface area (Å²) >= 11 is 0. The molecule has 0 atom stereocenters. The van der Waals surface area contributed by atoms with Crippen molar-refractivity contribution in [3.63, 3.8) is 0 Å². The highest BCUT2D eigenvalue weighted by Gasteiger charge is 2.43. The number of benzene rings is 1. The van der Waals surface area contributed by atoms with E-state index in [-0.39, 0.29) is 30.2 Å². The zero-order chi connectivity index (χ0) is 15.7. The summed E-state index contributed by atoms with van der Waals surface area (Å²) < 4.78 is 23.0. The molecule has 8 heteroatoms. The van der Waals surface area contributed by atoms with Gasteiger partial charge in [0, 0.05) is 11.3 Å². The first kappa shape index (κ1) is 15.3. The second-order valence-electron chi connectivity index (χ2n) is 5.16. The fraction of sp³-hybridized carbons (Fsp3) is 0.385. The number of nitrogens with two attached hydrogens (primary N) is 1. The molecule has 7 nitrogen and oxygen atoms in total. The molecule has 0 saturated carbocycles. The predicted octanol–water partition coefficient (Wildman–Crippen LogP) is 0.415. The van der Waals surface area contributed by atoms with E-state index in [1.165, 1.54) is 0 Å². The number of hydrogen-bond acceptors (Lipinski definition) is 5. The van der Waals surface area contributed by atoms with Gasteiger partial charge in [-0.05, 0) is 25.0 Å². The Bertz CT molecular complexity index is 670. The molecule has 0 amide bonds. The molecular weight excluding hydrogens is 294 g/mol. The number of amidine groups is 1. The van der Waals surface area contributed by atoms with E-state index in [4.69, 9.17) is 11.1 Å². The minimum Gasteiger partial charge on any atom is -0.480 e. The molecule has 0 bridgehead atoms. The fourth-order valence-corrected chi connectivity index (χ4v) is 3.84. The van der Waals surface area contributed by atoms with Crippen LogP contribution in [0.2, 0.25) is 0 Å². The summed E-state index contributed by atoms with van der Waals surface area (Å²) in [4.78, 5) is 11.6. The first-order valence-electron chi connectivity index (χ1n) is 6.41. The van der Waals surface area contributed by atoms with Crippen LogP contribution in [0.1, 0.15) is 18.4 Å². The number of carboxylic acid groups (broad SMARTS) is 1. The lowest BCUT2D eigenvalue weighted by molar-refractivity contribution is -0.142. The maximum Gasteiger partial charge on any atom is 0.329 e. The van der Waals surface area contributed by atoms with E-state index >= 15 is 0 Å². The number of hydrogen-bond donors (Lipinski definition) is 4. The lowest BCUT2D eigenvalue weighted by Crippen LogP contribution is -2.52. The van der Waals surface area contributed by atoms with E-state index in [2.05, 4.69) is 5.32 Å². The Kier molecular flexibility index (Phi) is 3.91. The van der Waals surface area contributed by atoms with Crippen molar-refractivity contribution in [2.75, 3.05) is 16.8 Å². The van der Waals surface area contributed by atoms with Crippen molar-refractivity contribution in [3.8, 4) is 0 Å². The quantitative estimate of drug-likeness (QED) is 0.470. The topological polar surface area (TPSA) is 133 Å². The van der Waals surface area contributed by atoms with Crippen molar-refractivity contribution in [2.24, 2.45) is 5.73 Å². The highest BCUT2D eigenvalue weighted by Crippen LogP contribution is 2.29. The van der Waals surface area contributed by atoms with Gasteiger partial charge in [-0.2, -0.15) is 0 Å². The van der Waals surface area contributed by atoms with E-state index in [1.54, 1.807) is 24.3 Å². The van der Waals surface area contributed by atoms with Gasteiger partial charge in [-0.1, -0.05) is 12.1 Å². The van der Waals surface area contributed by atoms with Gasteiger partial charge in [0.05, 0.1) is 11.5 Å². The summed E-state index contributed by atoms with van der Waals surface area (Å²) in [5, 5.41) is 19.8. The zero-order valence-corrected chi connectivity index (χ0v) is 12.1. The number of anilines is 1. The van der Waals surface area contributed by atoms with Crippen molar-refractivity contribution in [1.29, 1.82) is 5.41 Å². The molecule has 0 unspecified atom stereocenters. The Morgan fingerprint density at radius 2 is 1.95 bits per heavy atom. The Morgan fingerprint density at radius 3 is 2.48 bits per heavy atom. The van der Waals surface area contributed by atoms with Crippen molar-refractivity contribution in [3.05, 3.63) is 29.8 Å². The number of sulfone groups is 1. The fourth-order valence-electron chi connectivity index (χ4n) is 2.32. The van der Waals surface area contributed by atoms with E-state index in [0.717, 1.165) is 0 Å². The maximum absolute atomic E-state index is 11.6. The van der Waals surface area contributed by atoms with E-state index in [0.29, 0.717) is 11.3 Å². The van der Waals surface area contributed by atoms with Crippen LogP contribution in [0.15, 0.2) is 24.3 Å². The third-order valence-electron chi connectivity index (χ3n) is 3.65. The van der Waals surface area contributed by atoms with Crippen LogP contribution in [0, 0.1) is 5.41 Å². The van der Waals surface area contributed by atoms with Crippen molar-refractivity contribution in [2.45, 2.75) is 18.4 Å². The molecule has 1 aliphatic rings. The molecule has 1 aromatic rings. The van der Waals surface area contributed by atoms with E-state index < -0.39 is 21.3 Å². The highest BCUT2D eigenvalue weighted by atomic mass is 32.2. The Hall–Kier alpha value is -2.09. The second kappa shape index (κ2) is 5.36. The Labute approximate surface area is 122 Å². The summed E-state index contributed by atoms with van der Waals surface area (Å²) in [5.74, 6) is -1.50. The second-order valence-corrected chi connectivity index (χ2v) is 7.46. The molecule has 1 saturated heterocycles. The van der Waals surface area contributed by atoms with Gasteiger partial charge in [-0.15, -0.1) is 0 Å². The van der Waals surface area contributed by atoms with Gasteiger partial charge >= 0.3 is 5.97 Å². The number of aliphatic carboxylic acids is 1. The molecule has 21 heavy (non-hydrogen) atoms. The smallest absolute Gasteiger partial charge is 0.329 e. The van der Waals surface area contributed by atoms with Crippen LogP contribution in [0.3, 0.4) is 0 Å². The van der Waals surface area contributed by atoms with Crippen LogP contribution in [-0.4, -0.2) is 42.4 Å². The van der Waals surface area contributed by atoms with Crippen LogP contribution in [0.5, 0.6) is 0 Å². The molecule has 1 aliphatic heterocycles. The van der Waals surface area contributed by atoms with Crippen molar-refractivity contribution in [1.82, 2.24) is 0 Å². The first-order chi connectivity index (χ1) is 9.74. The first-order valence-corrected chi connectivity index (χ1v) is 8.23. The molecule has 1 aromatic carbocycles. The number of rotatable bonds is 4. The molecule has 114 valence electrons. The number of nitrogen functional groups attached to an aromatic ring is 1. The Morgan fingerprint density at radius 1 is 1.33 bits per heavy atom. The molecule has 1 fully saturated rings. The molecule has 2 rings (SSSR count). The minimum atomic E-state index is -3.16. The molecule has 1 heterocycles. The van der Waals surface area contributed by atoms with Gasteiger partial charge in [-0.25, -0.2) is 13.2 Å². The monoisotopic (exact) mass is 311 g/mol. The summed E-state index contributed by atoms with van der Waals surface area (Å²) in [6.45, 7) is 0. The summed E-state index contributed by atoms with van der Waals surface area (Å²) in [5.41, 5.74) is 5.08. The van der Waals surface area contributed by atoms with Gasteiger partial charge in [0.2, 0.25) is 0 Å². The summed E-state index contributed by atoms with van der Waals surface area (Å²) in [7, 11) is -3.16. The van der Waals surface area contributed by atoms with Crippen LogP contribution in [0.4, 0.5) is 5.69 Å². The van der Waals surface area contributed by atoms with Crippen LogP contribution in [0.25, 0.3) is 0 Å². The Balaban J connectivity index is 2.27. The summed E-state index contributed by atoms with van der Waals surface area (Å²) in [6, 6.07) is 6.55. The van der Waals surface area contributed by atoms with Gasteiger partial charge in [0.15, 0.2) is 9.84 Å². The van der Waals surface area contributed by atoms with Gasteiger partial charge < -0.3 is 16.2 Å². The minimum absolute atomic E-state index is 0.00889. The molecular formula is C13H17N3O4S. The molecule has 0 aliphatic carbocycles. The van der Waals surface area contributed by atoms with Gasteiger partial charge in [-0.3, -0.25) is 5.41 Å². The summed E-state index contributed by atoms with van der Waals surface area (Å²) in [6.07, 6.45) is 0.0178. The predicted molar refractivity (Wildman–Crippen MR) is 79.3 cm³/mol. The van der Waals surface area contributed by atoms with Crippen LogP contribution < -0.4 is 11.1 Å². The van der Waals surface area contributed by atoms with Gasteiger partial charge in [0.25, 0.3) is 0 Å². The van der Waals surface area contributed by atoms with E-state index in [1.807, 2.05) is 0 Å². The standard InChI is InChI=1S/C13H17N3O4S/c14-11(15)9-2-1-3-10(8-9)16-13(12(17)18)4-6-21(19,20)7-5-13/h1-3,8,16H,4-7H2,(H3,14,15)(H,17,18). The maximum atomic E-state index is 11.6. The third kappa shape index (κ3) is 3.33. The lowest BCUT2D eigenvalue weighted by atomic mass is 9.91. The largest absolute Gasteiger partial charge is 0.480 e. The zero-order valence-electron chi connectivity index (χ0n) is 11.3. The lowest BCUT2D eigenvalue weighted by Gasteiger charge is -2.34. The number of nitrogens with one attached hydrogen (secondary N) is 2. The SMILES string of the molecule is N=C(N)c1cccc(NC2(C(=O)O)CCS(=O)(=O)CC2)c1. The molecule has 0 spiro atoms. The highest BCUT2D eigenvalue weighted by molar-refractivity contribution is 7.91. The molecule has 5 N–H and O–H groups in total. The average Bonchev–Trinajstić information content (AvgIpc) is 2.41. The molecule has 0 aromatic heterocycles. The van der Waals surface area contributed by atoms with E-state index in [9.17, 15) is 18.3 Å². The van der Waals surface area contributed by atoms with Crippen LogP contribution in [-0.2, 0) is 14.6 Å². The number of carboxylic acids is 1. The molecule has 0 radical (unpaired) electrons. The number of carbonyl (C=O) groups is 1. The van der Waals surface area contributed by atoms with Gasteiger partial charge in [0.1, 0.15) is 11.4 Å². The third-order valence-corrected chi connectivity index (χ3v) is 5.30. The normalized spacial score (nSPS) is 19.6. The van der Waals surface area contributed by atoms with Crippen molar-refractivity contribution < 1.29 is 18.3 Å². The average molecular weight is 311 g/mol. The van der Waals surface area contributed by atoms with Crippen molar-refractivity contribution >= 4 is 27.3 Å².